The van der Waals surface area contributed by atoms with E-state index in [0.29, 0.717) is 16.9 Å². The maximum absolute atomic E-state index is 12.3. The molecule has 106 valence electrons. The normalized spacial score (nSPS) is 10.6. The van der Waals surface area contributed by atoms with Crippen LogP contribution in [0.3, 0.4) is 0 Å². The van der Waals surface area contributed by atoms with E-state index in [0.717, 1.165) is 16.7 Å². The average molecular weight is 282 g/mol. The summed E-state index contributed by atoms with van der Waals surface area (Å²) < 4.78 is 16.0. The molecule has 0 saturated heterocycles. The fourth-order valence-electron chi connectivity index (χ4n) is 2.34. The second kappa shape index (κ2) is 5.32. The lowest BCUT2D eigenvalue weighted by atomic mass is 10.0. The number of para-hydroxylation sites is 1. The molecule has 4 heteroatoms. The first kappa shape index (κ1) is 13.2. The van der Waals surface area contributed by atoms with Gasteiger partial charge < -0.3 is 13.9 Å². The van der Waals surface area contributed by atoms with Crippen molar-refractivity contribution in [1.82, 2.24) is 0 Å². The molecule has 0 aliphatic rings. The van der Waals surface area contributed by atoms with Crippen molar-refractivity contribution in [3.8, 4) is 22.6 Å². The van der Waals surface area contributed by atoms with E-state index in [-0.39, 0.29) is 0 Å². The predicted octanol–water partition coefficient (Wildman–Crippen LogP) is 3.48. The minimum absolute atomic E-state index is 0.416. The number of benzene rings is 2. The van der Waals surface area contributed by atoms with E-state index < -0.39 is 5.63 Å². The highest BCUT2D eigenvalue weighted by Gasteiger charge is 2.16. The maximum Gasteiger partial charge on any atom is 0.347 e. The van der Waals surface area contributed by atoms with E-state index in [4.69, 9.17) is 13.9 Å². The van der Waals surface area contributed by atoms with Gasteiger partial charge in [-0.2, -0.15) is 0 Å². The Labute approximate surface area is 121 Å². The summed E-state index contributed by atoms with van der Waals surface area (Å²) >= 11 is 0. The SMILES string of the molecule is COc1ccc(-c2c(OC)c3ccccc3oc2=O)cc1. The number of ether oxygens (including phenoxy) is 2. The number of methoxy groups -OCH3 is 2. The number of rotatable bonds is 3. The lowest BCUT2D eigenvalue weighted by molar-refractivity contribution is 0.413. The van der Waals surface area contributed by atoms with Gasteiger partial charge in [0.2, 0.25) is 0 Å². The number of hydrogen-bond acceptors (Lipinski definition) is 4. The van der Waals surface area contributed by atoms with Gasteiger partial charge in [0.25, 0.3) is 0 Å². The molecule has 0 amide bonds. The van der Waals surface area contributed by atoms with E-state index >= 15 is 0 Å². The molecule has 1 heterocycles. The van der Waals surface area contributed by atoms with Gasteiger partial charge in [0.1, 0.15) is 22.6 Å². The second-order valence-electron chi connectivity index (χ2n) is 4.52. The first-order chi connectivity index (χ1) is 10.2. The van der Waals surface area contributed by atoms with Crippen LogP contribution in [-0.4, -0.2) is 14.2 Å². The zero-order valence-corrected chi connectivity index (χ0v) is 11.8. The van der Waals surface area contributed by atoms with E-state index in [1.165, 1.54) is 0 Å². The van der Waals surface area contributed by atoms with Crippen molar-refractivity contribution < 1.29 is 13.9 Å². The zero-order valence-electron chi connectivity index (χ0n) is 11.8. The molecular weight excluding hydrogens is 268 g/mol. The molecule has 2 aromatic carbocycles. The Morgan fingerprint density at radius 2 is 1.62 bits per heavy atom. The third-order valence-electron chi connectivity index (χ3n) is 3.35. The Morgan fingerprint density at radius 3 is 2.29 bits per heavy atom. The van der Waals surface area contributed by atoms with Gasteiger partial charge in [-0.15, -0.1) is 0 Å². The summed E-state index contributed by atoms with van der Waals surface area (Å²) in [6.45, 7) is 0. The van der Waals surface area contributed by atoms with Crippen LogP contribution in [0.1, 0.15) is 0 Å². The van der Waals surface area contributed by atoms with Gasteiger partial charge in [0.05, 0.1) is 19.6 Å². The predicted molar refractivity (Wildman–Crippen MR) is 81.0 cm³/mol. The van der Waals surface area contributed by atoms with Crippen molar-refractivity contribution in [2.24, 2.45) is 0 Å². The molecule has 3 rings (SSSR count). The van der Waals surface area contributed by atoms with Crippen LogP contribution in [0.2, 0.25) is 0 Å². The van der Waals surface area contributed by atoms with Crippen LogP contribution in [-0.2, 0) is 0 Å². The molecule has 4 nitrogen and oxygen atoms in total. The molecular formula is C17H14O4. The summed E-state index contributed by atoms with van der Waals surface area (Å²) in [4.78, 5) is 12.3. The van der Waals surface area contributed by atoms with E-state index in [9.17, 15) is 4.79 Å². The molecule has 0 spiro atoms. The molecule has 21 heavy (non-hydrogen) atoms. The van der Waals surface area contributed by atoms with Crippen molar-refractivity contribution in [3.05, 3.63) is 59.0 Å². The van der Waals surface area contributed by atoms with Gasteiger partial charge in [-0.1, -0.05) is 24.3 Å². The first-order valence-electron chi connectivity index (χ1n) is 6.49. The summed E-state index contributed by atoms with van der Waals surface area (Å²) in [5, 5.41) is 0.769. The molecule has 3 aromatic rings. The molecule has 0 fully saturated rings. The molecule has 0 bridgehead atoms. The number of fused-ring (bicyclic) bond motifs is 1. The van der Waals surface area contributed by atoms with Crippen LogP contribution in [0, 0.1) is 0 Å². The van der Waals surface area contributed by atoms with Gasteiger partial charge in [-0.3, -0.25) is 0 Å². The van der Waals surface area contributed by atoms with Crippen LogP contribution in [0.25, 0.3) is 22.1 Å². The minimum atomic E-state index is -0.421. The Hall–Kier alpha value is -2.75. The third-order valence-corrected chi connectivity index (χ3v) is 3.35. The van der Waals surface area contributed by atoms with Crippen molar-refractivity contribution in [1.29, 1.82) is 0 Å². The van der Waals surface area contributed by atoms with Crippen LogP contribution < -0.4 is 15.1 Å². The van der Waals surface area contributed by atoms with Crippen molar-refractivity contribution >= 4 is 11.0 Å². The van der Waals surface area contributed by atoms with Crippen molar-refractivity contribution in [3.63, 3.8) is 0 Å². The fourth-order valence-corrected chi connectivity index (χ4v) is 2.34. The third kappa shape index (κ3) is 2.25. The average Bonchev–Trinajstić information content (AvgIpc) is 2.53. The minimum Gasteiger partial charge on any atom is -0.497 e. The van der Waals surface area contributed by atoms with E-state index in [2.05, 4.69) is 0 Å². The Morgan fingerprint density at radius 1 is 0.905 bits per heavy atom. The largest absolute Gasteiger partial charge is 0.497 e. The lowest BCUT2D eigenvalue weighted by Crippen LogP contribution is -2.06. The second-order valence-corrected chi connectivity index (χ2v) is 4.52. The molecule has 0 aliphatic carbocycles. The molecule has 0 radical (unpaired) electrons. The Balaban J connectivity index is 2.30. The molecule has 0 N–H and O–H groups in total. The van der Waals surface area contributed by atoms with Crippen molar-refractivity contribution in [2.45, 2.75) is 0 Å². The lowest BCUT2D eigenvalue weighted by Gasteiger charge is -2.10. The quantitative estimate of drug-likeness (QED) is 0.690. The van der Waals surface area contributed by atoms with Gasteiger partial charge >= 0.3 is 5.63 Å². The Kier molecular flexibility index (Phi) is 3.36. The van der Waals surface area contributed by atoms with Crippen molar-refractivity contribution in [2.75, 3.05) is 14.2 Å². The highest BCUT2D eigenvalue weighted by Crippen LogP contribution is 2.34. The van der Waals surface area contributed by atoms with Crippen LogP contribution in [0.15, 0.2) is 57.7 Å². The summed E-state index contributed by atoms with van der Waals surface area (Å²) in [6, 6.07) is 14.5. The maximum atomic E-state index is 12.3. The van der Waals surface area contributed by atoms with Crippen LogP contribution in [0.5, 0.6) is 11.5 Å². The summed E-state index contributed by atoms with van der Waals surface area (Å²) in [5.74, 6) is 1.25. The first-order valence-corrected chi connectivity index (χ1v) is 6.49. The highest BCUT2D eigenvalue weighted by molar-refractivity contribution is 5.90. The van der Waals surface area contributed by atoms with Gasteiger partial charge in [-0.05, 0) is 29.8 Å². The number of hydrogen-bond donors (Lipinski definition) is 0. The molecule has 0 atom stereocenters. The molecule has 0 unspecified atom stereocenters. The van der Waals surface area contributed by atoms with Gasteiger partial charge in [0.15, 0.2) is 0 Å². The molecule has 0 saturated carbocycles. The highest BCUT2D eigenvalue weighted by atomic mass is 16.5. The Bertz CT molecular complexity index is 832. The molecule has 1 aromatic heterocycles. The standard InChI is InChI=1S/C17H14O4/c1-19-12-9-7-11(8-10-12)15-16(20-2)13-5-3-4-6-14(13)21-17(15)18/h3-10H,1-2H3. The van der Waals surface area contributed by atoms with Gasteiger partial charge in [0, 0.05) is 0 Å². The van der Waals surface area contributed by atoms with E-state index in [1.807, 2.05) is 30.3 Å². The van der Waals surface area contributed by atoms with Crippen LogP contribution >= 0.6 is 0 Å². The van der Waals surface area contributed by atoms with Gasteiger partial charge in [-0.25, -0.2) is 4.79 Å². The fraction of sp³-hybridized carbons (Fsp3) is 0.118. The zero-order chi connectivity index (χ0) is 14.8. The smallest absolute Gasteiger partial charge is 0.347 e. The monoisotopic (exact) mass is 282 g/mol. The molecule has 0 aliphatic heterocycles. The van der Waals surface area contributed by atoms with E-state index in [1.54, 1.807) is 32.4 Å². The summed E-state index contributed by atoms with van der Waals surface area (Å²) in [6.07, 6.45) is 0. The van der Waals surface area contributed by atoms with Crippen LogP contribution in [0.4, 0.5) is 0 Å². The summed E-state index contributed by atoms with van der Waals surface area (Å²) in [7, 11) is 3.15. The summed E-state index contributed by atoms with van der Waals surface area (Å²) in [5.41, 5.74) is 1.23. The topological polar surface area (TPSA) is 48.7 Å².